The number of benzene rings is 2. The molecule has 3 rings (SSSR count). The highest BCUT2D eigenvalue weighted by atomic mass is 31.1. The van der Waals surface area contributed by atoms with Gasteiger partial charge < -0.3 is 5.73 Å². The van der Waals surface area contributed by atoms with Gasteiger partial charge >= 0.3 is 0 Å². The van der Waals surface area contributed by atoms with Crippen LogP contribution in [0.25, 0.3) is 21.0 Å². The zero-order chi connectivity index (χ0) is 16.0. The molecule has 0 spiro atoms. The van der Waals surface area contributed by atoms with Gasteiger partial charge in [0.1, 0.15) is 0 Å². The van der Waals surface area contributed by atoms with Crippen LogP contribution in [0.3, 0.4) is 0 Å². The standard InChI is InChI=1S/C19H22NOP/c1-11(2)13-9-10-15-18(21)14-7-5-6-8-16(14)22(12(3)4)19(15)17(13)20/h5-12H,20H2,1-4H3. The second-order valence-corrected chi connectivity index (χ2v) is 9.13. The van der Waals surface area contributed by atoms with Crippen molar-refractivity contribution in [1.82, 2.24) is 0 Å². The minimum atomic E-state index is -0.597. The van der Waals surface area contributed by atoms with Gasteiger partial charge in [0.2, 0.25) is 0 Å². The summed E-state index contributed by atoms with van der Waals surface area (Å²) in [6, 6.07) is 12.0. The Balaban J connectivity index is 2.64. The van der Waals surface area contributed by atoms with E-state index >= 15 is 0 Å². The lowest BCUT2D eigenvalue weighted by Crippen LogP contribution is -2.05. The van der Waals surface area contributed by atoms with Gasteiger partial charge in [-0.1, -0.05) is 58.0 Å². The quantitative estimate of drug-likeness (QED) is 0.492. The van der Waals surface area contributed by atoms with Gasteiger partial charge in [-0.05, 0) is 23.2 Å². The minimum Gasteiger partial charge on any atom is -0.398 e. The maximum absolute atomic E-state index is 12.9. The van der Waals surface area contributed by atoms with E-state index in [-0.39, 0.29) is 5.43 Å². The fourth-order valence-corrected chi connectivity index (χ4v) is 6.07. The van der Waals surface area contributed by atoms with Crippen molar-refractivity contribution in [2.24, 2.45) is 0 Å². The molecular weight excluding hydrogens is 289 g/mol. The lowest BCUT2D eigenvalue weighted by molar-refractivity contribution is 0.872. The van der Waals surface area contributed by atoms with E-state index in [2.05, 4.69) is 33.8 Å². The number of nitrogen functional groups attached to an aromatic ring is 1. The summed E-state index contributed by atoms with van der Waals surface area (Å²) in [6.07, 6.45) is 0. The van der Waals surface area contributed by atoms with Crippen molar-refractivity contribution in [1.29, 1.82) is 0 Å². The second kappa shape index (κ2) is 5.44. The molecule has 0 bridgehead atoms. The molecule has 1 unspecified atom stereocenters. The summed E-state index contributed by atoms with van der Waals surface area (Å²) in [5.41, 5.74) is 9.07. The molecule has 0 saturated carbocycles. The first-order valence-corrected chi connectivity index (χ1v) is 9.20. The van der Waals surface area contributed by atoms with Gasteiger partial charge in [-0.2, -0.15) is 0 Å². The molecule has 3 aromatic rings. The SMILES string of the molecule is CC(C)c1ccc2c(=O)c3ccccc3p(C(C)C)c2c1N. The van der Waals surface area contributed by atoms with Crippen LogP contribution in [0.4, 0.5) is 5.69 Å². The van der Waals surface area contributed by atoms with Crippen molar-refractivity contribution in [3.05, 3.63) is 52.2 Å². The topological polar surface area (TPSA) is 43.1 Å². The Kier molecular flexibility index (Phi) is 3.74. The van der Waals surface area contributed by atoms with Gasteiger partial charge in [0.25, 0.3) is 0 Å². The summed E-state index contributed by atoms with van der Waals surface area (Å²) in [5, 5.41) is 3.93. The van der Waals surface area contributed by atoms with E-state index in [9.17, 15) is 4.79 Å². The fraction of sp³-hybridized carbons (Fsp3) is 0.316. The molecule has 2 aromatic carbocycles. The molecule has 1 aromatic heterocycles. The molecule has 0 amide bonds. The molecule has 0 radical (unpaired) electrons. The summed E-state index contributed by atoms with van der Waals surface area (Å²) >= 11 is 0. The van der Waals surface area contributed by atoms with E-state index in [1.165, 1.54) is 5.12 Å². The molecule has 1 heterocycles. The van der Waals surface area contributed by atoms with Crippen LogP contribution in [0.1, 0.15) is 44.8 Å². The molecule has 3 heteroatoms. The zero-order valence-electron chi connectivity index (χ0n) is 13.6. The number of hydrogen-bond acceptors (Lipinski definition) is 2. The largest absolute Gasteiger partial charge is 0.398 e. The smallest absolute Gasteiger partial charge is 0.194 e. The van der Waals surface area contributed by atoms with Crippen LogP contribution in [0.5, 0.6) is 0 Å². The fourth-order valence-electron chi connectivity index (χ4n) is 3.25. The van der Waals surface area contributed by atoms with Crippen LogP contribution < -0.4 is 11.2 Å². The lowest BCUT2D eigenvalue weighted by atomic mass is 10.00. The van der Waals surface area contributed by atoms with Crippen LogP contribution in [-0.2, 0) is 0 Å². The third-order valence-electron chi connectivity index (χ3n) is 4.28. The van der Waals surface area contributed by atoms with Gasteiger partial charge in [-0.15, -0.1) is 7.53 Å². The molecule has 1 atom stereocenters. The molecule has 0 aliphatic heterocycles. The minimum absolute atomic E-state index is 0.118. The molecule has 2 N–H and O–H groups in total. The molecule has 114 valence electrons. The number of nitrogens with two attached hydrogens (primary N) is 1. The van der Waals surface area contributed by atoms with E-state index in [0.29, 0.717) is 11.6 Å². The van der Waals surface area contributed by atoms with Crippen LogP contribution in [0.2, 0.25) is 0 Å². The predicted octanol–water partition coefficient (Wildman–Crippen LogP) is 5.63. The Bertz CT molecular complexity index is 922. The Labute approximate surface area is 132 Å². The molecular formula is C19H22NOP. The van der Waals surface area contributed by atoms with Crippen LogP contribution in [-0.4, -0.2) is 0 Å². The van der Waals surface area contributed by atoms with E-state index < -0.39 is 7.53 Å². The molecule has 22 heavy (non-hydrogen) atoms. The van der Waals surface area contributed by atoms with Crippen molar-refractivity contribution < 1.29 is 0 Å². The Morgan fingerprint density at radius 3 is 2.27 bits per heavy atom. The number of fused-ring (bicyclic) bond motifs is 2. The van der Waals surface area contributed by atoms with Crippen molar-refractivity contribution in [2.45, 2.75) is 39.3 Å². The normalized spacial score (nSPS) is 12.7. The van der Waals surface area contributed by atoms with Crippen molar-refractivity contribution in [3.63, 3.8) is 0 Å². The highest BCUT2D eigenvalue weighted by Crippen LogP contribution is 2.53. The molecule has 0 aliphatic rings. The van der Waals surface area contributed by atoms with Gasteiger partial charge in [-0.25, -0.2) is 0 Å². The zero-order valence-corrected chi connectivity index (χ0v) is 14.4. The van der Waals surface area contributed by atoms with E-state index in [0.717, 1.165) is 27.1 Å². The van der Waals surface area contributed by atoms with Gasteiger partial charge in [0, 0.05) is 26.7 Å². The maximum atomic E-state index is 12.9. The second-order valence-electron chi connectivity index (χ2n) is 6.43. The van der Waals surface area contributed by atoms with E-state index in [1.807, 2.05) is 30.3 Å². The summed E-state index contributed by atoms with van der Waals surface area (Å²) in [6.45, 7) is 8.75. The Morgan fingerprint density at radius 1 is 0.955 bits per heavy atom. The summed E-state index contributed by atoms with van der Waals surface area (Å²) < 4.78 is 0. The van der Waals surface area contributed by atoms with E-state index in [4.69, 9.17) is 5.73 Å². The first-order chi connectivity index (χ1) is 10.4. The molecule has 0 aliphatic carbocycles. The predicted molar refractivity (Wildman–Crippen MR) is 99.3 cm³/mol. The van der Waals surface area contributed by atoms with Crippen molar-refractivity contribution in [3.8, 4) is 0 Å². The average molecular weight is 311 g/mol. The van der Waals surface area contributed by atoms with Crippen LogP contribution in [0.15, 0.2) is 41.2 Å². The third-order valence-corrected chi connectivity index (χ3v) is 7.19. The number of anilines is 1. The highest BCUT2D eigenvalue weighted by Gasteiger charge is 2.18. The first-order valence-electron chi connectivity index (χ1n) is 7.78. The summed E-state index contributed by atoms with van der Waals surface area (Å²) in [7, 11) is -0.597. The third kappa shape index (κ3) is 2.14. The van der Waals surface area contributed by atoms with Crippen LogP contribution in [0, 0.1) is 0 Å². The molecule has 2 nitrogen and oxygen atoms in total. The number of rotatable bonds is 2. The van der Waals surface area contributed by atoms with Gasteiger partial charge in [0.05, 0.1) is 0 Å². The first kappa shape index (κ1) is 15.1. The van der Waals surface area contributed by atoms with Crippen molar-refractivity contribution in [2.75, 3.05) is 5.73 Å². The van der Waals surface area contributed by atoms with Crippen LogP contribution >= 0.6 is 7.53 Å². The monoisotopic (exact) mass is 311 g/mol. The highest BCUT2D eigenvalue weighted by molar-refractivity contribution is 7.61. The molecule has 0 saturated heterocycles. The van der Waals surface area contributed by atoms with Crippen molar-refractivity contribution >= 4 is 34.2 Å². The summed E-state index contributed by atoms with van der Waals surface area (Å²) in [4.78, 5) is 12.9. The Hall–Kier alpha value is -1.79. The average Bonchev–Trinajstić information content (AvgIpc) is 2.48. The molecule has 0 fully saturated rings. The van der Waals surface area contributed by atoms with Gasteiger partial charge in [-0.3, -0.25) is 4.79 Å². The Morgan fingerprint density at radius 2 is 1.64 bits per heavy atom. The summed E-state index contributed by atoms with van der Waals surface area (Å²) in [5.74, 6) is 0.363. The maximum Gasteiger partial charge on any atom is 0.194 e. The van der Waals surface area contributed by atoms with E-state index in [1.54, 1.807) is 0 Å². The van der Waals surface area contributed by atoms with Gasteiger partial charge in [0.15, 0.2) is 5.43 Å². The lowest BCUT2D eigenvalue weighted by Gasteiger charge is -2.19. The number of hydrogen-bond donors (Lipinski definition) is 1.